The van der Waals surface area contributed by atoms with Crippen molar-refractivity contribution in [2.75, 3.05) is 5.73 Å². The van der Waals surface area contributed by atoms with Crippen LogP contribution >= 0.6 is 0 Å². The molecular weight excluding hydrogens is 188 g/mol. The predicted molar refractivity (Wildman–Crippen MR) is 60.3 cm³/mol. The Morgan fingerprint density at radius 3 is 2.73 bits per heavy atom. The van der Waals surface area contributed by atoms with Gasteiger partial charge in [0.15, 0.2) is 0 Å². The summed E-state index contributed by atoms with van der Waals surface area (Å²) in [6, 6.07) is 7.97. The van der Waals surface area contributed by atoms with E-state index in [-0.39, 0.29) is 0 Å². The van der Waals surface area contributed by atoms with E-state index in [9.17, 15) is 0 Å². The molecule has 2 aromatic rings. The zero-order valence-corrected chi connectivity index (χ0v) is 8.88. The van der Waals surface area contributed by atoms with Crippen LogP contribution in [0.2, 0.25) is 0 Å². The molecule has 0 amide bonds. The van der Waals surface area contributed by atoms with Crippen LogP contribution < -0.4 is 5.73 Å². The molecule has 15 heavy (non-hydrogen) atoms. The maximum absolute atomic E-state index is 5.71. The summed E-state index contributed by atoms with van der Waals surface area (Å²) in [5.41, 5.74) is 8.31. The first kappa shape index (κ1) is 9.71. The van der Waals surface area contributed by atoms with Crippen molar-refractivity contribution in [3.63, 3.8) is 0 Å². The second-order valence-corrected chi connectivity index (χ2v) is 3.80. The molecule has 4 nitrogen and oxygen atoms in total. The third-order valence-electron chi connectivity index (χ3n) is 2.22. The first-order valence-corrected chi connectivity index (χ1v) is 4.94. The summed E-state index contributed by atoms with van der Waals surface area (Å²) in [6.45, 7) is 4.13. The minimum atomic E-state index is 0.326. The van der Waals surface area contributed by atoms with Crippen molar-refractivity contribution in [2.45, 2.75) is 19.9 Å². The molecule has 0 radical (unpaired) electrons. The summed E-state index contributed by atoms with van der Waals surface area (Å²) in [5.74, 6) is 0. The Hall–Kier alpha value is -1.84. The average molecular weight is 202 g/mol. The summed E-state index contributed by atoms with van der Waals surface area (Å²) in [7, 11) is 0. The van der Waals surface area contributed by atoms with Crippen molar-refractivity contribution < 1.29 is 0 Å². The average Bonchev–Trinajstić information content (AvgIpc) is 2.66. The monoisotopic (exact) mass is 202 g/mol. The van der Waals surface area contributed by atoms with Gasteiger partial charge in [-0.05, 0) is 26.0 Å². The van der Waals surface area contributed by atoms with Gasteiger partial charge in [-0.3, -0.25) is 0 Å². The summed E-state index contributed by atoms with van der Waals surface area (Å²) in [4.78, 5) is 0. The fourth-order valence-corrected chi connectivity index (χ4v) is 1.36. The molecule has 1 aromatic heterocycles. The van der Waals surface area contributed by atoms with Crippen LogP contribution in [0.3, 0.4) is 0 Å². The van der Waals surface area contributed by atoms with E-state index in [1.807, 2.05) is 35.1 Å². The number of nitrogens with two attached hydrogens (primary N) is 1. The third-order valence-corrected chi connectivity index (χ3v) is 2.22. The van der Waals surface area contributed by atoms with Crippen LogP contribution in [-0.2, 0) is 0 Å². The highest BCUT2D eigenvalue weighted by molar-refractivity contribution is 5.62. The fourth-order valence-electron chi connectivity index (χ4n) is 1.36. The van der Waals surface area contributed by atoms with Crippen LogP contribution in [0.25, 0.3) is 11.3 Å². The largest absolute Gasteiger partial charge is 0.399 e. The smallest absolute Gasteiger partial charge is 0.113 e. The summed E-state index contributed by atoms with van der Waals surface area (Å²) in [5, 5.41) is 8.15. The van der Waals surface area contributed by atoms with Crippen molar-refractivity contribution >= 4 is 5.69 Å². The van der Waals surface area contributed by atoms with Crippen molar-refractivity contribution in [3.05, 3.63) is 30.5 Å². The molecule has 2 N–H and O–H groups in total. The Labute approximate surface area is 88.7 Å². The standard InChI is InChI=1S/C11H14N4/c1-8(2)15-7-11(13-14-15)9-4-3-5-10(12)6-9/h3-8H,12H2,1-2H3. The van der Waals surface area contributed by atoms with E-state index in [0.29, 0.717) is 6.04 Å². The first-order valence-electron chi connectivity index (χ1n) is 4.94. The molecule has 78 valence electrons. The molecule has 4 heteroatoms. The molecule has 0 aliphatic heterocycles. The SMILES string of the molecule is CC(C)n1cc(-c2cccc(N)c2)nn1. The highest BCUT2D eigenvalue weighted by Gasteiger charge is 2.05. The van der Waals surface area contributed by atoms with E-state index in [4.69, 9.17) is 5.73 Å². The highest BCUT2D eigenvalue weighted by atomic mass is 15.4. The number of nitrogens with zero attached hydrogens (tertiary/aromatic N) is 3. The van der Waals surface area contributed by atoms with E-state index in [1.165, 1.54) is 0 Å². The van der Waals surface area contributed by atoms with Crippen molar-refractivity contribution in [1.82, 2.24) is 15.0 Å². The highest BCUT2D eigenvalue weighted by Crippen LogP contribution is 2.19. The first-order chi connectivity index (χ1) is 7.16. The van der Waals surface area contributed by atoms with Crippen LogP contribution in [0, 0.1) is 0 Å². The van der Waals surface area contributed by atoms with Crippen molar-refractivity contribution in [1.29, 1.82) is 0 Å². The molecule has 2 rings (SSSR count). The van der Waals surface area contributed by atoms with Crippen molar-refractivity contribution in [3.8, 4) is 11.3 Å². The number of nitrogen functional groups attached to an aromatic ring is 1. The van der Waals surface area contributed by atoms with Crippen LogP contribution in [0.15, 0.2) is 30.5 Å². The Bertz CT molecular complexity index is 459. The van der Waals surface area contributed by atoms with Gasteiger partial charge in [0, 0.05) is 17.3 Å². The van der Waals surface area contributed by atoms with Gasteiger partial charge < -0.3 is 5.73 Å². The zero-order chi connectivity index (χ0) is 10.8. The van der Waals surface area contributed by atoms with E-state index in [2.05, 4.69) is 24.2 Å². The quantitative estimate of drug-likeness (QED) is 0.759. The maximum Gasteiger partial charge on any atom is 0.113 e. The van der Waals surface area contributed by atoms with Gasteiger partial charge in [0.05, 0.1) is 6.20 Å². The van der Waals surface area contributed by atoms with Crippen LogP contribution in [-0.4, -0.2) is 15.0 Å². The van der Waals surface area contributed by atoms with Gasteiger partial charge >= 0.3 is 0 Å². The van der Waals surface area contributed by atoms with E-state index < -0.39 is 0 Å². The molecule has 1 aromatic carbocycles. The lowest BCUT2D eigenvalue weighted by molar-refractivity contribution is 0.514. The van der Waals surface area contributed by atoms with Gasteiger partial charge in [0.25, 0.3) is 0 Å². The lowest BCUT2D eigenvalue weighted by atomic mass is 10.1. The topological polar surface area (TPSA) is 56.7 Å². The Morgan fingerprint density at radius 1 is 1.33 bits per heavy atom. The molecule has 0 aliphatic carbocycles. The minimum absolute atomic E-state index is 0.326. The second kappa shape index (κ2) is 3.73. The Kier molecular flexibility index (Phi) is 2.41. The van der Waals surface area contributed by atoms with Gasteiger partial charge in [0.2, 0.25) is 0 Å². The molecule has 0 bridgehead atoms. The second-order valence-electron chi connectivity index (χ2n) is 3.80. The molecule has 0 unspecified atom stereocenters. The number of rotatable bonds is 2. The lowest BCUT2D eigenvalue weighted by Crippen LogP contribution is -2.00. The molecule has 1 heterocycles. The summed E-state index contributed by atoms with van der Waals surface area (Å²) >= 11 is 0. The number of hydrogen-bond acceptors (Lipinski definition) is 3. The molecule has 0 spiro atoms. The molecule has 0 aliphatic rings. The maximum atomic E-state index is 5.71. The molecular formula is C11H14N4. The van der Waals surface area contributed by atoms with Crippen molar-refractivity contribution in [2.24, 2.45) is 0 Å². The summed E-state index contributed by atoms with van der Waals surface area (Å²) < 4.78 is 1.83. The lowest BCUT2D eigenvalue weighted by Gasteiger charge is -2.01. The van der Waals surface area contributed by atoms with Gasteiger partial charge in [-0.15, -0.1) is 5.10 Å². The van der Waals surface area contributed by atoms with Gasteiger partial charge in [-0.2, -0.15) is 0 Å². The fraction of sp³-hybridized carbons (Fsp3) is 0.273. The van der Waals surface area contributed by atoms with Gasteiger partial charge in [-0.1, -0.05) is 17.3 Å². The Morgan fingerprint density at radius 2 is 2.13 bits per heavy atom. The normalized spacial score (nSPS) is 10.9. The number of aromatic nitrogens is 3. The predicted octanol–water partition coefficient (Wildman–Crippen LogP) is 2.11. The number of benzene rings is 1. The third kappa shape index (κ3) is 1.98. The van der Waals surface area contributed by atoms with E-state index in [1.54, 1.807) is 0 Å². The number of hydrogen-bond donors (Lipinski definition) is 1. The molecule has 0 fully saturated rings. The Balaban J connectivity index is 2.37. The minimum Gasteiger partial charge on any atom is -0.399 e. The van der Waals surface area contributed by atoms with E-state index in [0.717, 1.165) is 16.9 Å². The summed E-state index contributed by atoms with van der Waals surface area (Å²) in [6.07, 6.45) is 1.93. The van der Waals surface area contributed by atoms with Gasteiger partial charge in [0.1, 0.15) is 5.69 Å². The zero-order valence-electron chi connectivity index (χ0n) is 8.88. The molecule has 0 saturated heterocycles. The van der Waals surface area contributed by atoms with E-state index >= 15 is 0 Å². The molecule has 0 saturated carbocycles. The van der Waals surface area contributed by atoms with Crippen LogP contribution in [0.5, 0.6) is 0 Å². The number of anilines is 1. The van der Waals surface area contributed by atoms with Crippen LogP contribution in [0.4, 0.5) is 5.69 Å². The molecule has 0 atom stereocenters. The van der Waals surface area contributed by atoms with Gasteiger partial charge in [-0.25, -0.2) is 4.68 Å². The van der Waals surface area contributed by atoms with Crippen LogP contribution in [0.1, 0.15) is 19.9 Å².